The van der Waals surface area contributed by atoms with Crippen molar-refractivity contribution < 1.29 is 5.11 Å². The van der Waals surface area contributed by atoms with Crippen molar-refractivity contribution in [3.05, 3.63) is 35.7 Å². The largest absolute Gasteiger partial charge is 0.395 e. The van der Waals surface area contributed by atoms with Crippen LogP contribution in [0.2, 0.25) is 0 Å². The molecule has 0 amide bonds. The van der Waals surface area contributed by atoms with Gasteiger partial charge in [-0.25, -0.2) is 0 Å². The van der Waals surface area contributed by atoms with Crippen molar-refractivity contribution in [2.24, 2.45) is 0 Å². The zero-order valence-corrected chi connectivity index (χ0v) is 13.8. The van der Waals surface area contributed by atoms with E-state index in [2.05, 4.69) is 46.8 Å². The minimum Gasteiger partial charge on any atom is -0.395 e. The van der Waals surface area contributed by atoms with Crippen molar-refractivity contribution in [1.29, 1.82) is 0 Å². The quantitative estimate of drug-likeness (QED) is 0.869. The van der Waals surface area contributed by atoms with Gasteiger partial charge in [-0.1, -0.05) is 11.6 Å². The minimum absolute atomic E-state index is 0.256. The zero-order valence-electron chi connectivity index (χ0n) is 13.8. The Balaban J connectivity index is 0.000000383. The first-order valence-corrected chi connectivity index (χ1v) is 7.67. The van der Waals surface area contributed by atoms with Crippen LogP contribution < -0.4 is 4.90 Å². The van der Waals surface area contributed by atoms with E-state index in [4.69, 9.17) is 5.11 Å². The van der Waals surface area contributed by atoms with Crippen LogP contribution >= 0.6 is 0 Å². The maximum Gasteiger partial charge on any atom is 0.0558 e. The second-order valence-corrected chi connectivity index (χ2v) is 5.58. The summed E-state index contributed by atoms with van der Waals surface area (Å²) < 4.78 is 0. The Morgan fingerprint density at radius 1 is 1.24 bits per heavy atom. The first-order valence-electron chi connectivity index (χ1n) is 7.67. The lowest BCUT2D eigenvalue weighted by atomic mass is 10.2. The molecular formula is C17H29N3O. The highest BCUT2D eigenvalue weighted by atomic mass is 16.3. The number of allylic oxidation sites excluding steroid dienone is 2. The van der Waals surface area contributed by atoms with Gasteiger partial charge < -0.3 is 10.0 Å². The molecular weight excluding hydrogens is 262 g/mol. The third-order valence-corrected chi connectivity index (χ3v) is 3.63. The monoisotopic (exact) mass is 291 g/mol. The lowest BCUT2D eigenvalue weighted by Gasteiger charge is -2.35. The molecule has 1 saturated heterocycles. The van der Waals surface area contributed by atoms with Crippen LogP contribution in [-0.2, 0) is 0 Å². The van der Waals surface area contributed by atoms with E-state index in [0.717, 1.165) is 38.4 Å². The molecule has 2 heterocycles. The molecule has 1 aromatic rings. The molecule has 0 spiro atoms. The van der Waals surface area contributed by atoms with Gasteiger partial charge in [0, 0.05) is 38.4 Å². The Hall–Kier alpha value is -1.39. The normalized spacial score (nSPS) is 15.2. The molecule has 4 nitrogen and oxygen atoms in total. The summed E-state index contributed by atoms with van der Waals surface area (Å²) in [7, 11) is 0. The van der Waals surface area contributed by atoms with Gasteiger partial charge in [-0.3, -0.25) is 9.88 Å². The number of rotatable bonds is 3. The van der Waals surface area contributed by atoms with E-state index in [1.165, 1.54) is 11.3 Å². The van der Waals surface area contributed by atoms with E-state index in [0.29, 0.717) is 0 Å². The number of aromatic nitrogens is 1. The van der Waals surface area contributed by atoms with Gasteiger partial charge in [-0.2, -0.15) is 0 Å². The fraction of sp³-hybridized carbons (Fsp3) is 0.588. The van der Waals surface area contributed by atoms with Gasteiger partial charge >= 0.3 is 0 Å². The molecule has 0 bridgehead atoms. The van der Waals surface area contributed by atoms with Gasteiger partial charge in [0.25, 0.3) is 0 Å². The predicted molar refractivity (Wildman–Crippen MR) is 89.8 cm³/mol. The Morgan fingerprint density at radius 3 is 2.29 bits per heavy atom. The van der Waals surface area contributed by atoms with Crippen LogP contribution in [0.1, 0.15) is 26.5 Å². The lowest BCUT2D eigenvalue weighted by Crippen LogP contribution is -2.47. The van der Waals surface area contributed by atoms with Crippen LogP contribution in [0.3, 0.4) is 0 Å². The summed E-state index contributed by atoms with van der Waals surface area (Å²) in [5.41, 5.74) is 3.64. The van der Waals surface area contributed by atoms with Crippen LogP contribution in [0.15, 0.2) is 30.0 Å². The van der Waals surface area contributed by atoms with Crippen LogP contribution in [0.25, 0.3) is 0 Å². The summed E-state index contributed by atoms with van der Waals surface area (Å²) in [6.07, 6.45) is 4.02. The van der Waals surface area contributed by atoms with E-state index in [1.54, 1.807) is 0 Å². The molecule has 1 aliphatic heterocycles. The molecule has 1 N–H and O–H groups in total. The van der Waals surface area contributed by atoms with Gasteiger partial charge in [0.1, 0.15) is 0 Å². The van der Waals surface area contributed by atoms with E-state index in [9.17, 15) is 0 Å². The van der Waals surface area contributed by atoms with E-state index in [-0.39, 0.29) is 6.61 Å². The number of aryl methyl sites for hydroxylation is 1. The van der Waals surface area contributed by atoms with Gasteiger partial charge in [-0.05, 0) is 39.8 Å². The average molecular weight is 291 g/mol. The summed E-state index contributed by atoms with van der Waals surface area (Å²) in [5.74, 6) is 0. The lowest BCUT2D eigenvalue weighted by molar-refractivity contribution is 0.189. The minimum atomic E-state index is 0.256. The number of hydrogen-bond donors (Lipinski definition) is 1. The first kappa shape index (κ1) is 17.7. The van der Waals surface area contributed by atoms with Gasteiger partial charge in [0.15, 0.2) is 0 Å². The SMILES string of the molecule is CC=C(C)C.Cc1ccc(N2CCN(CCO)CC2)cn1. The Labute approximate surface area is 129 Å². The molecule has 1 aromatic heterocycles. The van der Waals surface area contributed by atoms with Gasteiger partial charge in [-0.15, -0.1) is 0 Å². The third kappa shape index (κ3) is 6.74. The fourth-order valence-corrected chi connectivity index (χ4v) is 2.02. The molecule has 0 aliphatic carbocycles. The highest BCUT2D eigenvalue weighted by Crippen LogP contribution is 2.15. The number of piperazine rings is 1. The van der Waals surface area contributed by atoms with Gasteiger partial charge in [0.05, 0.1) is 18.5 Å². The Morgan fingerprint density at radius 2 is 1.86 bits per heavy atom. The maximum atomic E-state index is 8.87. The second-order valence-electron chi connectivity index (χ2n) is 5.58. The van der Waals surface area contributed by atoms with Crippen molar-refractivity contribution in [1.82, 2.24) is 9.88 Å². The molecule has 0 atom stereocenters. The number of aliphatic hydroxyl groups excluding tert-OH is 1. The number of aliphatic hydroxyl groups is 1. The molecule has 0 radical (unpaired) electrons. The zero-order chi connectivity index (χ0) is 15.7. The number of pyridine rings is 1. The molecule has 0 aromatic carbocycles. The summed E-state index contributed by atoms with van der Waals surface area (Å²) in [4.78, 5) is 8.95. The topological polar surface area (TPSA) is 39.6 Å². The van der Waals surface area contributed by atoms with Crippen molar-refractivity contribution in [3.63, 3.8) is 0 Å². The average Bonchev–Trinajstić information content (AvgIpc) is 2.50. The molecule has 1 aliphatic rings. The number of anilines is 1. The molecule has 118 valence electrons. The summed E-state index contributed by atoms with van der Waals surface area (Å²) in [6, 6.07) is 4.18. The standard InChI is InChI=1S/C12H19N3O.C5H10/c1-11-2-3-12(10-13-11)15-6-4-14(5-7-15)8-9-16;1-4-5(2)3/h2-3,10,16H,4-9H2,1H3;4H,1-3H3. The molecule has 4 heteroatoms. The van der Waals surface area contributed by atoms with E-state index < -0.39 is 0 Å². The highest BCUT2D eigenvalue weighted by molar-refractivity contribution is 5.44. The van der Waals surface area contributed by atoms with Crippen LogP contribution in [-0.4, -0.2) is 54.3 Å². The fourth-order valence-electron chi connectivity index (χ4n) is 2.02. The Bertz CT molecular complexity index is 416. The number of hydrogen-bond acceptors (Lipinski definition) is 4. The molecule has 0 saturated carbocycles. The van der Waals surface area contributed by atoms with Crippen molar-refractivity contribution >= 4 is 5.69 Å². The maximum absolute atomic E-state index is 8.87. The number of β-amino-alcohol motifs (C(OH)–C–C–N with tert-alkyl or cyclic N) is 1. The molecule has 2 rings (SSSR count). The Kier molecular flexibility index (Phi) is 8.01. The molecule has 21 heavy (non-hydrogen) atoms. The van der Waals surface area contributed by atoms with E-state index in [1.807, 2.05) is 20.0 Å². The third-order valence-electron chi connectivity index (χ3n) is 3.63. The first-order chi connectivity index (χ1) is 10.1. The van der Waals surface area contributed by atoms with Crippen LogP contribution in [0, 0.1) is 6.92 Å². The second kappa shape index (κ2) is 9.53. The van der Waals surface area contributed by atoms with E-state index >= 15 is 0 Å². The molecule has 0 unspecified atom stereocenters. The predicted octanol–water partition coefficient (Wildman–Crippen LogP) is 2.48. The summed E-state index contributed by atoms with van der Waals surface area (Å²) >= 11 is 0. The van der Waals surface area contributed by atoms with Crippen molar-refractivity contribution in [2.75, 3.05) is 44.2 Å². The van der Waals surface area contributed by atoms with Crippen LogP contribution in [0.5, 0.6) is 0 Å². The highest BCUT2D eigenvalue weighted by Gasteiger charge is 2.16. The smallest absolute Gasteiger partial charge is 0.0558 e. The summed E-state index contributed by atoms with van der Waals surface area (Å²) in [6.45, 7) is 13.3. The van der Waals surface area contributed by atoms with Gasteiger partial charge in [0.2, 0.25) is 0 Å². The van der Waals surface area contributed by atoms with Crippen molar-refractivity contribution in [3.8, 4) is 0 Å². The van der Waals surface area contributed by atoms with Crippen molar-refractivity contribution in [2.45, 2.75) is 27.7 Å². The number of nitrogens with zero attached hydrogens (tertiary/aromatic N) is 3. The molecule has 1 fully saturated rings. The summed E-state index contributed by atoms with van der Waals surface area (Å²) in [5, 5.41) is 8.87. The van der Waals surface area contributed by atoms with Crippen LogP contribution in [0.4, 0.5) is 5.69 Å².